The van der Waals surface area contributed by atoms with Crippen LogP contribution in [0.3, 0.4) is 0 Å². The van der Waals surface area contributed by atoms with Crippen LogP contribution in [0, 0.1) is 0 Å². The lowest BCUT2D eigenvalue weighted by molar-refractivity contribution is 0.469. The highest BCUT2D eigenvalue weighted by Crippen LogP contribution is 2.27. The van der Waals surface area contributed by atoms with Gasteiger partial charge in [0.15, 0.2) is 0 Å². The molecule has 0 bridgehead atoms. The Hall–Kier alpha value is -1.18. The fraction of sp³-hybridized carbons (Fsp3) is 0.368. The molecular formula is C19H22Cl2O. The molecule has 0 aliphatic heterocycles. The summed E-state index contributed by atoms with van der Waals surface area (Å²) in [5.74, 6) is 0.336. The van der Waals surface area contributed by atoms with E-state index >= 15 is 0 Å². The van der Waals surface area contributed by atoms with Crippen molar-refractivity contribution in [3.8, 4) is 5.75 Å². The molecular weight excluding hydrogens is 315 g/mol. The van der Waals surface area contributed by atoms with Crippen LogP contribution in [0.5, 0.6) is 5.75 Å². The predicted molar refractivity (Wildman–Crippen MR) is 95.2 cm³/mol. The quantitative estimate of drug-likeness (QED) is 0.579. The number of rotatable bonds is 7. The van der Waals surface area contributed by atoms with Crippen molar-refractivity contribution >= 4 is 23.2 Å². The lowest BCUT2D eigenvalue weighted by Crippen LogP contribution is -1.93. The van der Waals surface area contributed by atoms with E-state index in [4.69, 9.17) is 23.2 Å². The minimum Gasteiger partial charge on any atom is -0.508 e. The second-order valence-corrected chi connectivity index (χ2v) is 6.51. The molecule has 1 N–H and O–H groups in total. The first-order valence-electron chi connectivity index (χ1n) is 7.85. The maximum Gasteiger partial charge on any atom is 0.119 e. The van der Waals surface area contributed by atoms with Crippen molar-refractivity contribution < 1.29 is 5.11 Å². The predicted octanol–water partition coefficient (Wildman–Crippen LogP) is 6.41. The van der Waals surface area contributed by atoms with Gasteiger partial charge >= 0.3 is 0 Å². The minimum absolute atomic E-state index is 0.336. The van der Waals surface area contributed by atoms with E-state index in [0.29, 0.717) is 22.2 Å². The van der Waals surface area contributed by atoms with Gasteiger partial charge in [0, 0.05) is 6.42 Å². The number of aromatic hydroxyl groups is 1. The van der Waals surface area contributed by atoms with Crippen LogP contribution in [0.1, 0.15) is 49.3 Å². The molecule has 0 aromatic heterocycles. The third-order valence-corrected chi connectivity index (χ3v) is 4.58. The molecule has 0 atom stereocenters. The van der Waals surface area contributed by atoms with Crippen LogP contribution in [-0.4, -0.2) is 5.11 Å². The van der Waals surface area contributed by atoms with E-state index in [1.807, 2.05) is 18.2 Å². The van der Waals surface area contributed by atoms with Crippen LogP contribution in [0.4, 0.5) is 0 Å². The first-order valence-corrected chi connectivity index (χ1v) is 8.60. The molecule has 0 aliphatic carbocycles. The molecule has 3 heteroatoms. The van der Waals surface area contributed by atoms with E-state index in [1.54, 1.807) is 12.1 Å². The average molecular weight is 337 g/mol. The molecule has 0 heterocycles. The molecule has 0 spiro atoms. The molecule has 2 aromatic carbocycles. The Kier molecular flexibility index (Phi) is 6.60. The van der Waals surface area contributed by atoms with Gasteiger partial charge in [-0.25, -0.2) is 0 Å². The zero-order valence-corrected chi connectivity index (χ0v) is 14.4. The molecule has 22 heavy (non-hydrogen) atoms. The molecule has 0 radical (unpaired) electrons. The summed E-state index contributed by atoms with van der Waals surface area (Å²) in [6.07, 6.45) is 6.72. The number of benzene rings is 2. The van der Waals surface area contributed by atoms with Crippen LogP contribution in [0.15, 0.2) is 36.4 Å². The molecule has 0 aliphatic rings. The Morgan fingerprint density at radius 1 is 0.864 bits per heavy atom. The first-order chi connectivity index (χ1) is 10.6. The SMILES string of the molecule is CCCCCCc1ccc(O)c(Cc2ccc(Cl)c(Cl)c2)c1. The second-order valence-electron chi connectivity index (χ2n) is 5.70. The number of unbranched alkanes of at least 4 members (excludes halogenated alkanes) is 3. The third kappa shape index (κ3) is 4.93. The van der Waals surface area contributed by atoms with Crippen molar-refractivity contribution in [3.63, 3.8) is 0 Å². The normalized spacial score (nSPS) is 10.9. The number of hydrogen-bond donors (Lipinski definition) is 1. The number of phenolic OH excluding ortho intramolecular Hbond substituents is 1. The van der Waals surface area contributed by atoms with E-state index in [9.17, 15) is 5.11 Å². The number of phenols is 1. The first kappa shape index (κ1) is 17.2. The number of hydrogen-bond acceptors (Lipinski definition) is 1. The van der Waals surface area contributed by atoms with Gasteiger partial charge in [0.1, 0.15) is 5.75 Å². The fourth-order valence-electron chi connectivity index (χ4n) is 2.56. The van der Waals surface area contributed by atoms with Crippen molar-refractivity contribution in [1.29, 1.82) is 0 Å². The average Bonchev–Trinajstić information content (AvgIpc) is 2.50. The fourth-order valence-corrected chi connectivity index (χ4v) is 2.88. The number of aryl methyl sites for hydroxylation is 1. The summed E-state index contributed by atoms with van der Waals surface area (Å²) in [7, 11) is 0. The summed E-state index contributed by atoms with van der Waals surface area (Å²) in [5.41, 5.74) is 3.27. The Morgan fingerprint density at radius 2 is 1.64 bits per heavy atom. The Bertz CT molecular complexity index is 623. The van der Waals surface area contributed by atoms with Crippen LogP contribution in [0.25, 0.3) is 0 Å². The maximum atomic E-state index is 10.1. The van der Waals surface area contributed by atoms with E-state index in [-0.39, 0.29) is 0 Å². The van der Waals surface area contributed by atoms with Gasteiger partial charge in [-0.05, 0) is 47.7 Å². The van der Waals surface area contributed by atoms with Gasteiger partial charge in [-0.3, -0.25) is 0 Å². The summed E-state index contributed by atoms with van der Waals surface area (Å²) in [5, 5.41) is 11.2. The van der Waals surface area contributed by atoms with Crippen molar-refractivity contribution in [2.24, 2.45) is 0 Å². The second kappa shape index (κ2) is 8.45. The van der Waals surface area contributed by atoms with Crippen molar-refractivity contribution in [1.82, 2.24) is 0 Å². The monoisotopic (exact) mass is 336 g/mol. The maximum absolute atomic E-state index is 10.1. The molecule has 2 aromatic rings. The van der Waals surface area contributed by atoms with Gasteiger partial charge < -0.3 is 5.11 Å². The lowest BCUT2D eigenvalue weighted by atomic mass is 9.99. The molecule has 118 valence electrons. The summed E-state index contributed by atoms with van der Waals surface area (Å²) in [6, 6.07) is 11.5. The van der Waals surface area contributed by atoms with Gasteiger partial charge in [0.2, 0.25) is 0 Å². The van der Waals surface area contributed by atoms with Crippen LogP contribution in [0.2, 0.25) is 10.0 Å². The van der Waals surface area contributed by atoms with E-state index < -0.39 is 0 Å². The highest BCUT2D eigenvalue weighted by atomic mass is 35.5. The Morgan fingerprint density at radius 3 is 2.36 bits per heavy atom. The lowest BCUT2D eigenvalue weighted by Gasteiger charge is -2.09. The van der Waals surface area contributed by atoms with Gasteiger partial charge in [-0.2, -0.15) is 0 Å². The Balaban J connectivity index is 2.07. The van der Waals surface area contributed by atoms with Gasteiger partial charge in [0.05, 0.1) is 10.0 Å². The highest BCUT2D eigenvalue weighted by molar-refractivity contribution is 6.42. The third-order valence-electron chi connectivity index (χ3n) is 3.84. The molecule has 1 nitrogen and oxygen atoms in total. The van der Waals surface area contributed by atoms with E-state index in [0.717, 1.165) is 17.5 Å². The zero-order chi connectivity index (χ0) is 15.9. The van der Waals surface area contributed by atoms with Crippen molar-refractivity contribution in [2.45, 2.75) is 45.4 Å². The summed E-state index contributed by atoms with van der Waals surface area (Å²) in [6.45, 7) is 2.22. The highest BCUT2D eigenvalue weighted by Gasteiger charge is 2.06. The smallest absolute Gasteiger partial charge is 0.119 e. The largest absolute Gasteiger partial charge is 0.508 e. The molecule has 2 rings (SSSR count). The Labute approximate surface area is 142 Å². The summed E-state index contributed by atoms with van der Waals surface area (Å²) < 4.78 is 0. The van der Waals surface area contributed by atoms with E-state index in [2.05, 4.69) is 13.0 Å². The topological polar surface area (TPSA) is 20.2 Å². The van der Waals surface area contributed by atoms with Gasteiger partial charge in [-0.15, -0.1) is 0 Å². The van der Waals surface area contributed by atoms with E-state index in [1.165, 1.54) is 31.2 Å². The zero-order valence-electron chi connectivity index (χ0n) is 12.9. The van der Waals surface area contributed by atoms with Gasteiger partial charge in [0.25, 0.3) is 0 Å². The molecule has 0 fully saturated rings. The minimum atomic E-state index is 0.336. The summed E-state index contributed by atoms with van der Waals surface area (Å²) in [4.78, 5) is 0. The molecule has 0 unspecified atom stereocenters. The number of halogens is 2. The molecule has 0 saturated heterocycles. The molecule has 0 saturated carbocycles. The molecule has 0 amide bonds. The van der Waals surface area contributed by atoms with Crippen molar-refractivity contribution in [2.75, 3.05) is 0 Å². The van der Waals surface area contributed by atoms with Crippen LogP contribution >= 0.6 is 23.2 Å². The van der Waals surface area contributed by atoms with Crippen LogP contribution in [-0.2, 0) is 12.8 Å². The standard InChI is InChI=1S/C19H22Cl2O/c1-2-3-4-5-6-14-8-10-19(22)16(11-14)12-15-7-9-17(20)18(21)13-15/h7-11,13,22H,2-6,12H2,1H3. The van der Waals surface area contributed by atoms with Crippen LogP contribution < -0.4 is 0 Å². The van der Waals surface area contributed by atoms with Gasteiger partial charge in [-0.1, -0.05) is 67.6 Å². The van der Waals surface area contributed by atoms with Crippen molar-refractivity contribution in [3.05, 3.63) is 63.1 Å². The summed E-state index contributed by atoms with van der Waals surface area (Å²) >= 11 is 12.0.